The molecule has 0 radical (unpaired) electrons. The lowest BCUT2D eigenvalue weighted by molar-refractivity contribution is 0.0936. The van der Waals surface area contributed by atoms with Gasteiger partial charge in [0.2, 0.25) is 0 Å². The van der Waals surface area contributed by atoms with E-state index in [4.69, 9.17) is 0 Å². The molecule has 21 heavy (non-hydrogen) atoms. The van der Waals surface area contributed by atoms with E-state index in [9.17, 15) is 4.79 Å². The summed E-state index contributed by atoms with van der Waals surface area (Å²) in [7, 11) is 0. The third-order valence-corrected chi connectivity index (χ3v) is 3.95. The van der Waals surface area contributed by atoms with Gasteiger partial charge in [0.15, 0.2) is 5.82 Å². The number of rotatable bonds is 3. The van der Waals surface area contributed by atoms with Crippen LogP contribution in [0.5, 0.6) is 0 Å². The van der Waals surface area contributed by atoms with Crippen LogP contribution in [-0.4, -0.2) is 21.9 Å². The van der Waals surface area contributed by atoms with Crippen LogP contribution in [0.15, 0.2) is 36.5 Å². The summed E-state index contributed by atoms with van der Waals surface area (Å²) in [5.74, 6) is 0.601. The summed E-state index contributed by atoms with van der Waals surface area (Å²) in [6, 6.07) is 10.1. The number of nitrogens with zero attached hydrogens (tertiary/aromatic N) is 2. The Morgan fingerprint density at radius 2 is 1.90 bits per heavy atom. The van der Waals surface area contributed by atoms with Gasteiger partial charge in [-0.25, -0.2) is 9.97 Å². The first-order chi connectivity index (χ1) is 10.2. The minimum atomic E-state index is -0.0565. The van der Waals surface area contributed by atoms with Crippen molar-refractivity contribution in [2.24, 2.45) is 0 Å². The number of aryl methyl sites for hydroxylation is 1. The molecule has 1 aromatic heterocycles. The van der Waals surface area contributed by atoms with Gasteiger partial charge in [-0.05, 0) is 19.8 Å². The Balaban J connectivity index is 1.79. The van der Waals surface area contributed by atoms with Gasteiger partial charge in [0.25, 0.3) is 5.91 Å². The van der Waals surface area contributed by atoms with Gasteiger partial charge in [0.1, 0.15) is 0 Å². The quantitative estimate of drug-likeness (QED) is 0.940. The van der Waals surface area contributed by atoms with E-state index in [1.54, 1.807) is 6.20 Å². The average molecular weight is 281 g/mol. The molecule has 108 valence electrons. The van der Waals surface area contributed by atoms with Crippen LogP contribution in [0, 0.1) is 6.92 Å². The Hall–Kier alpha value is -2.23. The molecule has 1 aromatic carbocycles. The minimum absolute atomic E-state index is 0.0565. The lowest BCUT2D eigenvalue weighted by atomic mass is 10.1. The molecule has 4 heteroatoms. The van der Waals surface area contributed by atoms with Crippen molar-refractivity contribution in [3.63, 3.8) is 0 Å². The standard InChI is InChI=1S/C17H19N3O/c1-12-15(17(21)20-14-9-5-6-10-14)11-18-16(19-12)13-7-3-2-4-8-13/h2-4,7-8,11,14H,5-6,9-10H2,1H3,(H,20,21). The van der Waals surface area contributed by atoms with Crippen LogP contribution in [0.2, 0.25) is 0 Å². The molecule has 1 fully saturated rings. The number of nitrogens with one attached hydrogen (secondary N) is 1. The fraction of sp³-hybridized carbons (Fsp3) is 0.353. The zero-order valence-electron chi connectivity index (χ0n) is 12.2. The molecule has 0 unspecified atom stereocenters. The van der Waals surface area contributed by atoms with E-state index in [1.165, 1.54) is 12.8 Å². The predicted octanol–water partition coefficient (Wildman–Crippen LogP) is 3.12. The van der Waals surface area contributed by atoms with Crippen molar-refractivity contribution < 1.29 is 4.79 Å². The van der Waals surface area contributed by atoms with Crippen molar-refractivity contribution in [1.82, 2.24) is 15.3 Å². The summed E-state index contributed by atoms with van der Waals surface area (Å²) < 4.78 is 0. The van der Waals surface area contributed by atoms with Gasteiger partial charge in [-0.3, -0.25) is 4.79 Å². The highest BCUT2D eigenvalue weighted by Gasteiger charge is 2.19. The van der Waals surface area contributed by atoms with E-state index in [1.807, 2.05) is 37.3 Å². The second-order valence-electron chi connectivity index (χ2n) is 5.51. The first-order valence-electron chi connectivity index (χ1n) is 7.44. The normalized spacial score (nSPS) is 15.1. The zero-order valence-corrected chi connectivity index (χ0v) is 12.2. The topological polar surface area (TPSA) is 54.9 Å². The van der Waals surface area contributed by atoms with Gasteiger partial charge in [0.05, 0.1) is 11.3 Å². The van der Waals surface area contributed by atoms with Crippen LogP contribution in [-0.2, 0) is 0 Å². The Morgan fingerprint density at radius 3 is 2.57 bits per heavy atom. The van der Waals surface area contributed by atoms with Gasteiger partial charge < -0.3 is 5.32 Å². The number of amides is 1. The van der Waals surface area contributed by atoms with Crippen LogP contribution in [0.1, 0.15) is 41.7 Å². The maximum absolute atomic E-state index is 12.3. The summed E-state index contributed by atoms with van der Waals surface area (Å²) >= 11 is 0. The van der Waals surface area contributed by atoms with Crippen molar-refractivity contribution in [3.8, 4) is 11.4 Å². The highest BCUT2D eigenvalue weighted by atomic mass is 16.1. The Kier molecular flexibility index (Phi) is 3.95. The molecule has 1 heterocycles. The fourth-order valence-corrected chi connectivity index (χ4v) is 2.75. The number of hydrogen-bond acceptors (Lipinski definition) is 3. The maximum atomic E-state index is 12.3. The summed E-state index contributed by atoms with van der Waals surface area (Å²) in [6.45, 7) is 1.86. The second kappa shape index (κ2) is 6.04. The smallest absolute Gasteiger partial charge is 0.254 e. The molecule has 0 bridgehead atoms. The predicted molar refractivity (Wildman–Crippen MR) is 81.9 cm³/mol. The molecule has 0 atom stereocenters. The maximum Gasteiger partial charge on any atom is 0.254 e. The number of carbonyl (C=O) groups excluding carboxylic acids is 1. The van der Waals surface area contributed by atoms with E-state index in [0.717, 1.165) is 24.1 Å². The summed E-state index contributed by atoms with van der Waals surface area (Å²) in [6.07, 6.45) is 6.19. The molecular weight excluding hydrogens is 262 g/mol. The van der Waals surface area contributed by atoms with E-state index in [-0.39, 0.29) is 5.91 Å². The molecule has 0 saturated heterocycles. The van der Waals surface area contributed by atoms with Crippen molar-refractivity contribution in [1.29, 1.82) is 0 Å². The largest absolute Gasteiger partial charge is 0.349 e. The molecule has 2 aromatic rings. The fourth-order valence-electron chi connectivity index (χ4n) is 2.75. The van der Waals surface area contributed by atoms with Crippen molar-refractivity contribution in [3.05, 3.63) is 47.8 Å². The molecule has 1 amide bonds. The van der Waals surface area contributed by atoms with E-state index in [2.05, 4.69) is 15.3 Å². The van der Waals surface area contributed by atoms with E-state index >= 15 is 0 Å². The minimum Gasteiger partial charge on any atom is -0.349 e. The molecular formula is C17H19N3O. The van der Waals surface area contributed by atoms with Gasteiger partial charge in [-0.2, -0.15) is 0 Å². The van der Waals surface area contributed by atoms with E-state index < -0.39 is 0 Å². The van der Waals surface area contributed by atoms with Gasteiger partial charge >= 0.3 is 0 Å². The second-order valence-corrected chi connectivity index (χ2v) is 5.51. The SMILES string of the molecule is Cc1nc(-c2ccccc2)ncc1C(=O)NC1CCCC1. The van der Waals surface area contributed by atoms with Crippen LogP contribution in [0.3, 0.4) is 0 Å². The van der Waals surface area contributed by atoms with Crippen molar-refractivity contribution in [2.75, 3.05) is 0 Å². The third kappa shape index (κ3) is 3.10. The highest BCUT2D eigenvalue weighted by molar-refractivity contribution is 5.95. The van der Waals surface area contributed by atoms with Crippen molar-refractivity contribution >= 4 is 5.91 Å². The van der Waals surface area contributed by atoms with Gasteiger partial charge in [0, 0.05) is 17.8 Å². The van der Waals surface area contributed by atoms with Crippen LogP contribution in [0.4, 0.5) is 0 Å². The number of aromatic nitrogens is 2. The number of benzene rings is 1. The van der Waals surface area contributed by atoms with E-state index in [0.29, 0.717) is 17.4 Å². The molecule has 4 nitrogen and oxygen atoms in total. The average Bonchev–Trinajstić information content (AvgIpc) is 3.01. The van der Waals surface area contributed by atoms with Crippen molar-refractivity contribution in [2.45, 2.75) is 38.6 Å². The van der Waals surface area contributed by atoms with Crippen LogP contribution in [0.25, 0.3) is 11.4 Å². The van der Waals surface area contributed by atoms with Gasteiger partial charge in [-0.15, -0.1) is 0 Å². The highest BCUT2D eigenvalue weighted by Crippen LogP contribution is 2.19. The zero-order chi connectivity index (χ0) is 14.7. The lowest BCUT2D eigenvalue weighted by Crippen LogP contribution is -2.33. The first-order valence-corrected chi connectivity index (χ1v) is 7.44. The monoisotopic (exact) mass is 281 g/mol. The molecule has 1 aliphatic carbocycles. The summed E-state index contributed by atoms with van der Waals surface area (Å²) in [5, 5.41) is 3.08. The molecule has 1 aliphatic rings. The number of hydrogen-bond donors (Lipinski definition) is 1. The number of carbonyl (C=O) groups is 1. The lowest BCUT2D eigenvalue weighted by Gasteiger charge is -2.13. The first kappa shape index (κ1) is 13.7. The summed E-state index contributed by atoms with van der Waals surface area (Å²) in [5.41, 5.74) is 2.25. The van der Waals surface area contributed by atoms with Crippen LogP contribution >= 0.6 is 0 Å². The molecule has 3 rings (SSSR count). The molecule has 1 N–H and O–H groups in total. The molecule has 1 saturated carbocycles. The summed E-state index contributed by atoms with van der Waals surface area (Å²) in [4.78, 5) is 21.1. The molecule has 0 aliphatic heterocycles. The van der Waals surface area contributed by atoms with Gasteiger partial charge in [-0.1, -0.05) is 43.2 Å². The molecule has 0 spiro atoms. The Morgan fingerprint density at radius 1 is 1.19 bits per heavy atom. The Labute approximate surface area is 124 Å². The third-order valence-electron chi connectivity index (χ3n) is 3.95. The van der Waals surface area contributed by atoms with Crippen LogP contribution < -0.4 is 5.32 Å². The Bertz CT molecular complexity index is 634.